The van der Waals surface area contributed by atoms with Crippen LogP contribution in [0.15, 0.2) is 42.7 Å². The molecule has 23 heavy (non-hydrogen) atoms. The minimum absolute atomic E-state index is 0.175. The SMILES string of the molecule is COc1ccc(NC(=O)N(C)CCc2ccncc2)cc1OC. The predicted octanol–water partition coefficient (Wildman–Crippen LogP) is 2.81. The Kier molecular flexibility index (Phi) is 5.80. The number of aromatic nitrogens is 1. The summed E-state index contributed by atoms with van der Waals surface area (Å²) in [6.07, 6.45) is 4.27. The average molecular weight is 315 g/mol. The van der Waals surface area contributed by atoms with Crippen LogP contribution in [0.5, 0.6) is 11.5 Å². The number of carbonyl (C=O) groups is 1. The van der Waals surface area contributed by atoms with Crippen molar-refractivity contribution in [2.75, 3.05) is 33.1 Å². The Balaban J connectivity index is 1.93. The van der Waals surface area contributed by atoms with E-state index in [4.69, 9.17) is 9.47 Å². The molecule has 0 aliphatic heterocycles. The van der Waals surface area contributed by atoms with E-state index >= 15 is 0 Å². The maximum atomic E-state index is 12.2. The van der Waals surface area contributed by atoms with Crippen LogP contribution in [0.3, 0.4) is 0 Å². The first-order valence-corrected chi connectivity index (χ1v) is 7.27. The van der Waals surface area contributed by atoms with Crippen molar-refractivity contribution in [3.8, 4) is 11.5 Å². The summed E-state index contributed by atoms with van der Waals surface area (Å²) in [7, 11) is 4.89. The van der Waals surface area contributed by atoms with Crippen molar-refractivity contribution < 1.29 is 14.3 Å². The highest BCUT2D eigenvalue weighted by molar-refractivity contribution is 5.89. The maximum Gasteiger partial charge on any atom is 0.321 e. The van der Waals surface area contributed by atoms with Gasteiger partial charge in [0, 0.05) is 37.7 Å². The number of benzene rings is 1. The van der Waals surface area contributed by atoms with E-state index in [-0.39, 0.29) is 6.03 Å². The molecule has 0 fully saturated rings. The molecule has 0 atom stereocenters. The Morgan fingerprint density at radius 1 is 1.13 bits per heavy atom. The second-order valence-electron chi connectivity index (χ2n) is 5.03. The van der Waals surface area contributed by atoms with Crippen LogP contribution in [0.25, 0.3) is 0 Å². The Morgan fingerprint density at radius 3 is 2.48 bits per heavy atom. The van der Waals surface area contributed by atoms with Gasteiger partial charge in [-0.2, -0.15) is 0 Å². The lowest BCUT2D eigenvalue weighted by Gasteiger charge is -2.18. The van der Waals surface area contributed by atoms with E-state index in [1.165, 1.54) is 0 Å². The summed E-state index contributed by atoms with van der Waals surface area (Å²) in [6, 6.07) is 8.97. The first kappa shape index (κ1) is 16.6. The molecule has 1 aromatic heterocycles. The fraction of sp³-hybridized carbons (Fsp3) is 0.294. The smallest absolute Gasteiger partial charge is 0.321 e. The third-order valence-electron chi connectivity index (χ3n) is 3.47. The Morgan fingerprint density at radius 2 is 1.83 bits per heavy atom. The van der Waals surface area contributed by atoms with Crippen molar-refractivity contribution >= 4 is 11.7 Å². The first-order chi connectivity index (χ1) is 11.1. The molecule has 0 bridgehead atoms. The van der Waals surface area contributed by atoms with Crippen LogP contribution in [0.1, 0.15) is 5.56 Å². The third-order valence-corrected chi connectivity index (χ3v) is 3.47. The molecule has 0 unspecified atom stereocenters. The van der Waals surface area contributed by atoms with Crippen molar-refractivity contribution in [2.24, 2.45) is 0 Å². The van der Waals surface area contributed by atoms with Gasteiger partial charge in [-0.05, 0) is 36.2 Å². The highest BCUT2D eigenvalue weighted by Gasteiger charge is 2.11. The van der Waals surface area contributed by atoms with Crippen LogP contribution in [-0.2, 0) is 6.42 Å². The molecule has 2 aromatic rings. The molecule has 6 heteroatoms. The minimum atomic E-state index is -0.175. The highest BCUT2D eigenvalue weighted by Crippen LogP contribution is 2.29. The number of ether oxygens (including phenoxy) is 2. The van der Waals surface area contributed by atoms with Crippen molar-refractivity contribution in [3.63, 3.8) is 0 Å². The molecule has 2 rings (SSSR count). The molecule has 0 radical (unpaired) electrons. The van der Waals surface area contributed by atoms with E-state index in [1.807, 2.05) is 12.1 Å². The van der Waals surface area contributed by atoms with Crippen molar-refractivity contribution in [2.45, 2.75) is 6.42 Å². The molecule has 1 N–H and O–H groups in total. The van der Waals surface area contributed by atoms with Gasteiger partial charge in [0.15, 0.2) is 11.5 Å². The lowest BCUT2D eigenvalue weighted by molar-refractivity contribution is 0.223. The van der Waals surface area contributed by atoms with Gasteiger partial charge < -0.3 is 19.7 Å². The fourth-order valence-corrected chi connectivity index (χ4v) is 2.08. The number of hydrogen-bond acceptors (Lipinski definition) is 4. The Labute approximate surface area is 136 Å². The monoisotopic (exact) mass is 315 g/mol. The molecule has 0 saturated carbocycles. The number of rotatable bonds is 6. The number of nitrogens with zero attached hydrogens (tertiary/aromatic N) is 2. The molecular weight excluding hydrogens is 294 g/mol. The zero-order chi connectivity index (χ0) is 16.7. The number of methoxy groups -OCH3 is 2. The van der Waals surface area contributed by atoms with Crippen LogP contribution < -0.4 is 14.8 Å². The molecule has 2 amide bonds. The maximum absolute atomic E-state index is 12.2. The van der Waals surface area contributed by atoms with E-state index in [0.29, 0.717) is 23.7 Å². The van der Waals surface area contributed by atoms with Crippen molar-refractivity contribution in [1.29, 1.82) is 0 Å². The van der Waals surface area contributed by atoms with Gasteiger partial charge in [0.25, 0.3) is 0 Å². The molecule has 1 aromatic carbocycles. The summed E-state index contributed by atoms with van der Waals surface area (Å²) < 4.78 is 10.4. The van der Waals surface area contributed by atoms with Gasteiger partial charge in [-0.25, -0.2) is 4.79 Å². The first-order valence-electron chi connectivity index (χ1n) is 7.27. The number of amides is 2. The number of likely N-dealkylation sites (N-methyl/N-ethyl adjacent to an activating group) is 1. The lowest BCUT2D eigenvalue weighted by atomic mass is 10.2. The predicted molar refractivity (Wildman–Crippen MR) is 89.1 cm³/mol. The van der Waals surface area contributed by atoms with Crippen molar-refractivity contribution in [3.05, 3.63) is 48.3 Å². The average Bonchev–Trinajstić information content (AvgIpc) is 2.60. The van der Waals surface area contributed by atoms with Gasteiger partial charge in [0.2, 0.25) is 0 Å². The van der Waals surface area contributed by atoms with Crippen LogP contribution in [0, 0.1) is 0 Å². The van der Waals surface area contributed by atoms with Gasteiger partial charge in [0.1, 0.15) is 0 Å². The van der Waals surface area contributed by atoms with Crippen LogP contribution in [0.4, 0.5) is 10.5 Å². The minimum Gasteiger partial charge on any atom is -0.493 e. The number of carbonyl (C=O) groups excluding carboxylic acids is 1. The van der Waals surface area contributed by atoms with Gasteiger partial charge in [0.05, 0.1) is 14.2 Å². The van der Waals surface area contributed by atoms with Gasteiger partial charge in [-0.1, -0.05) is 0 Å². The molecule has 0 aliphatic rings. The topological polar surface area (TPSA) is 63.7 Å². The van der Waals surface area contributed by atoms with Gasteiger partial charge in [-0.3, -0.25) is 4.98 Å². The van der Waals surface area contributed by atoms with Crippen molar-refractivity contribution in [1.82, 2.24) is 9.88 Å². The standard InChI is InChI=1S/C17H21N3O3/c1-20(11-8-13-6-9-18-10-7-13)17(21)19-14-4-5-15(22-2)16(12-14)23-3/h4-7,9-10,12H,8,11H2,1-3H3,(H,19,21). The summed E-state index contributed by atoms with van der Waals surface area (Å²) in [5.41, 5.74) is 1.80. The normalized spacial score (nSPS) is 10.0. The molecular formula is C17H21N3O3. The summed E-state index contributed by atoms with van der Waals surface area (Å²) in [4.78, 5) is 17.8. The third kappa shape index (κ3) is 4.60. The molecule has 0 spiro atoms. The zero-order valence-electron chi connectivity index (χ0n) is 13.6. The van der Waals surface area contributed by atoms with E-state index in [2.05, 4.69) is 10.3 Å². The van der Waals surface area contributed by atoms with Gasteiger partial charge >= 0.3 is 6.03 Å². The number of urea groups is 1. The second-order valence-corrected chi connectivity index (χ2v) is 5.03. The lowest BCUT2D eigenvalue weighted by Crippen LogP contribution is -2.33. The number of pyridine rings is 1. The Bertz CT molecular complexity index is 647. The largest absolute Gasteiger partial charge is 0.493 e. The van der Waals surface area contributed by atoms with Crippen LogP contribution in [-0.4, -0.2) is 43.7 Å². The fourth-order valence-electron chi connectivity index (χ4n) is 2.08. The number of nitrogens with one attached hydrogen (secondary N) is 1. The summed E-state index contributed by atoms with van der Waals surface area (Å²) in [6.45, 7) is 0.614. The van der Waals surface area contributed by atoms with E-state index < -0.39 is 0 Å². The van der Waals surface area contributed by atoms with E-state index in [0.717, 1.165) is 12.0 Å². The zero-order valence-corrected chi connectivity index (χ0v) is 13.6. The molecule has 0 aliphatic carbocycles. The molecule has 0 saturated heterocycles. The molecule has 1 heterocycles. The summed E-state index contributed by atoms with van der Waals surface area (Å²) >= 11 is 0. The summed E-state index contributed by atoms with van der Waals surface area (Å²) in [5.74, 6) is 1.20. The van der Waals surface area contributed by atoms with E-state index in [9.17, 15) is 4.79 Å². The van der Waals surface area contributed by atoms with E-state index in [1.54, 1.807) is 56.8 Å². The number of hydrogen-bond donors (Lipinski definition) is 1. The summed E-state index contributed by atoms with van der Waals surface area (Å²) in [5, 5.41) is 2.84. The second kappa shape index (κ2) is 8.03. The molecule has 122 valence electrons. The Hall–Kier alpha value is -2.76. The van der Waals surface area contributed by atoms with Crippen LogP contribution >= 0.6 is 0 Å². The van der Waals surface area contributed by atoms with Crippen LogP contribution in [0.2, 0.25) is 0 Å². The molecule has 6 nitrogen and oxygen atoms in total. The highest BCUT2D eigenvalue weighted by atomic mass is 16.5. The number of anilines is 1. The van der Waals surface area contributed by atoms with Gasteiger partial charge in [-0.15, -0.1) is 0 Å². The quantitative estimate of drug-likeness (QED) is 0.890.